The lowest BCUT2D eigenvalue weighted by Crippen LogP contribution is -2.31. The van der Waals surface area contributed by atoms with Crippen LogP contribution >= 0.6 is 0 Å². The van der Waals surface area contributed by atoms with Crippen LogP contribution in [0.3, 0.4) is 0 Å². The van der Waals surface area contributed by atoms with Crippen LogP contribution in [0, 0.1) is 0 Å². The molecule has 1 aliphatic rings. The van der Waals surface area contributed by atoms with Crippen molar-refractivity contribution in [3.63, 3.8) is 0 Å². The Morgan fingerprint density at radius 3 is 2.36 bits per heavy atom. The predicted octanol–water partition coefficient (Wildman–Crippen LogP) is -1.50. The Labute approximate surface area is 63.2 Å². The van der Waals surface area contributed by atoms with Crippen LogP contribution in [0.15, 0.2) is 12.0 Å². The van der Waals surface area contributed by atoms with E-state index in [1.54, 1.807) is 0 Å². The van der Waals surface area contributed by atoms with E-state index >= 15 is 0 Å². The third kappa shape index (κ3) is 1.30. The Bertz CT molecular complexity index is 166. The van der Waals surface area contributed by atoms with Crippen molar-refractivity contribution < 1.29 is 25.2 Å². The molecule has 64 valence electrons. The highest BCUT2D eigenvalue weighted by Crippen LogP contribution is 2.23. The molecule has 3 unspecified atom stereocenters. The number of aliphatic hydroxyl groups is 4. The molecule has 0 spiro atoms. The van der Waals surface area contributed by atoms with Crippen LogP contribution in [-0.4, -0.2) is 45.3 Å². The second-order valence-corrected chi connectivity index (χ2v) is 2.31. The summed E-state index contributed by atoms with van der Waals surface area (Å²) in [7, 11) is 0. The quantitative estimate of drug-likeness (QED) is 0.352. The van der Waals surface area contributed by atoms with E-state index in [-0.39, 0.29) is 5.76 Å². The molecule has 1 aliphatic heterocycles. The van der Waals surface area contributed by atoms with Crippen LogP contribution in [0.4, 0.5) is 0 Å². The summed E-state index contributed by atoms with van der Waals surface area (Å²) in [6, 6.07) is 0. The molecule has 11 heavy (non-hydrogen) atoms. The molecule has 4 N–H and O–H groups in total. The average molecular weight is 162 g/mol. The molecular formula is C6H10O5. The molecule has 0 aromatic carbocycles. The van der Waals surface area contributed by atoms with Crippen molar-refractivity contribution in [1.82, 2.24) is 0 Å². The van der Waals surface area contributed by atoms with Crippen LogP contribution in [0.5, 0.6) is 0 Å². The normalized spacial score (nSPS) is 41.0. The molecule has 1 saturated heterocycles. The molecule has 0 bridgehead atoms. The van der Waals surface area contributed by atoms with Crippen LogP contribution in [0.25, 0.3) is 0 Å². The molecule has 0 aliphatic carbocycles. The van der Waals surface area contributed by atoms with E-state index in [2.05, 4.69) is 0 Å². The van der Waals surface area contributed by atoms with Gasteiger partial charge in [-0.05, 0) is 0 Å². The largest absolute Gasteiger partial charge is 0.512 e. The highest BCUT2D eigenvalue weighted by molar-refractivity contribution is 5.07. The SMILES string of the molecule is O/C=C1/OC(CO)C(O)C1O. The summed E-state index contributed by atoms with van der Waals surface area (Å²) in [5, 5.41) is 35.1. The van der Waals surface area contributed by atoms with Gasteiger partial charge in [-0.15, -0.1) is 0 Å². The van der Waals surface area contributed by atoms with E-state index in [0.29, 0.717) is 6.26 Å². The maximum absolute atomic E-state index is 9.07. The Kier molecular flexibility index (Phi) is 2.33. The lowest BCUT2D eigenvalue weighted by atomic mass is 10.1. The molecule has 0 radical (unpaired) electrons. The van der Waals surface area contributed by atoms with Crippen molar-refractivity contribution in [1.29, 1.82) is 0 Å². The van der Waals surface area contributed by atoms with E-state index in [1.165, 1.54) is 0 Å². The Balaban J connectivity index is 2.68. The molecule has 3 atom stereocenters. The molecular weight excluding hydrogens is 152 g/mol. The van der Waals surface area contributed by atoms with Crippen LogP contribution in [-0.2, 0) is 4.74 Å². The minimum Gasteiger partial charge on any atom is -0.512 e. The third-order valence-electron chi connectivity index (χ3n) is 1.59. The fourth-order valence-electron chi connectivity index (χ4n) is 0.938. The summed E-state index contributed by atoms with van der Waals surface area (Å²) in [5.41, 5.74) is 0. The van der Waals surface area contributed by atoms with Crippen molar-refractivity contribution in [3.8, 4) is 0 Å². The first kappa shape index (κ1) is 8.32. The summed E-state index contributed by atoms with van der Waals surface area (Å²) >= 11 is 0. The van der Waals surface area contributed by atoms with Gasteiger partial charge in [-0.25, -0.2) is 0 Å². The third-order valence-corrected chi connectivity index (χ3v) is 1.59. The summed E-state index contributed by atoms with van der Waals surface area (Å²) in [6.45, 7) is -0.393. The molecule has 5 nitrogen and oxygen atoms in total. The summed E-state index contributed by atoms with van der Waals surface area (Å²) in [4.78, 5) is 0. The van der Waals surface area contributed by atoms with Gasteiger partial charge in [-0.1, -0.05) is 0 Å². The molecule has 5 heteroatoms. The summed E-state index contributed by atoms with van der Waals surface area (Å²) < 4.78 is 4.75. The lowest BCUT2D eigenvalue weighted by Gasteiger charge is -2.09. The van der Waals surface area contributed by atoms with Gasteiger partial charge in [-0.2, -0.15) is 0 Å². The maximum atomic E-state index is 9.07. The number of ether oxygens (including phenoxy) is 1. The minimum absolute atomic E-state index is 0.114. The zero-order chi connectivity index (χ0) is 8.43. The van der Waals surface area contributed by atoms with Gasteiger partial charge in [0, 0.05) is 0 Å². The number of hydrogen-bond donors (Lipinski definition) is 4. The monoisotopic (exact) mass is 162 g/mol. The van der Waals surface area contributed by atoms with Crippen molar-refractivity contribution >= 4 is 0 Å². The Morgan fingerprint density at radius 2 is 2.09 bits per heavy atom. The number of rotatable bonds is 1. The minimum atomic E-state index is -1.24. The van der Waals surface area contributed by atoms with E-state index in [4.69, 9.17) is 25.2 Å². The molecule has 0 saturated carbocycles. The van der Waals surface area contributed by atoms with Gasteiger partial charge in [0.25, 0.3) is 0 Å². The van der Waals surface area contributed by atoms with Gasteiger partial charge >= 0.3 is 0 Å². The summed E-state index contributed by atoms with van der Waals surface area (Å²) in [5.74, 6) is -0.114. The highest BCUT2D eigenvalue weighted by atomic mass is 16.5. The standard InChI is InChI=1S/C6H10O5/c7-1-3-5(9)6(10)4(2-8)11-3/h1,4-10H,2H2/b3-1+. The zero-order valence-corrected chi connectivity index (χ0v) is 5.71. The molecule has 1 rings (SSSR count). The maximum Gasteiger partial charge on any atom is 0.162 e. The van der Waals surface area contributed by atoms with E-state index < -0.39 is 24.9 Å². The van der Waals surface area contributed by atoms with Crippen LogP contribution in [0.2, 0.25) is 0 Å². The average Bonchev–Trinajstić information content (AvgIpc) is 2.30. The number of aliphatic hydroxyl groups excluding tert-OH is 4. The van der Waals surface area contributed by atoms with Crippen LogP contribution < -0.4 is 0 Å². The van der Waals surface area contributed by atoms with Gasteiger partial charge < -0.3 is 25.2 Å². The Morgan fingerprint density at radius 1 is 1.45 bits per heavy atom. The Hall–Kier alpha value is -0.780. The number of hydrogen-bond acceptors (Lipinski definition) is 5. The topological polar surface area (TPSA) is 90.2 Å². The van der Waals surface area contributed by atoms with Crippen molar-refractivity contribution in [3.05, 3.63) is 12.0 Å². The fraction of sp³-hybridized carbons (Fsp3) is 0.667. The molecule has 0 aromatic rings. The molecule has 0 aromatic heterocycles. The first-order chi connectivity index (χ1) is 5.20. The summed E-state index contributed by atoms with van der Waals surface area (Å²) in [6.07, 6.45) is -2.68. The lowest BCUT2D eigenvalue weighted by molar-refractivity contribution is -0.00302. The molecule has 0 amide bonds. The van der Waals surface area contributed by atoms with E-state index in [9.17, 15) is 0 Å². The predicted molar refractivity (Wildman–Crippen MR) is 34.7 cm³/mol. The smallest absolute Gasteiger partial charge is 0.162 e. The van der Waals surface area contributed by atoms with E-state index in [1.807, 2.05) is 0 Å². The first-order valence-electron chi connectivity index (χ1n) is 3.18. The second-order valence-electron chi connectivity index (χ2n) is 2.31. The van der Waals surface area contributed by atoms with Gasteiger partial charge in [0.15, 0.2) is 11.9 Å². The molecule has 1 heterocycles. The first-order valence-corrected chi connectivity index (χ1v) is 3.18. The van der Waals surface area contributed by atoms with Crippen molar-refractivity contribution in [2.45, 2.75) is 18.3 Å². The second kappa shape index (κ2) is 3.08. The highest BCUT2D eigenvalue weighted by Gasteiger charge is 2.39. The zero-order valence-electron chi connectivity index (χ0n) is 5.71. The van der Waals surface area contributed by atoms with Gasteiger partial charge in [0.05, 0.1) is 6.61 Å². The van der Waals surface area contributed by atoms with Crippen molar-refractivity contribution in [2.24, 2.45) is 0 Å². The molecule has 1 fully saturated rings. The fourth-order valence-corrected chi connectivity index (χ4v) is 0.938. The van der Waals surface area contributed by atoms with Crippen LogP contribution in [0.1, 0.15) is 0 Å². The van der Waals surface area contributed by atoms with Gasteiger partial charge in [-0.3, -0.25) is 0 Å². The van der Waals surface area contributed by atoms with Gasteiger partial charge in [0.1, 0.15) is 18.5 Å². The van der Waals surface area contributed by atoms with E-state index in [0.717, 1.165) is 0 Å². The van der Waals surface area contributed by atoms with Crippen molar-refractivity contribution in [2.75, 3.05) is 6.61 Å². The van der Waals surface area contributed by atoms with Gasteiger partial charge in [0.2, 0.25) is 0 Å².